The fourth-order valence-corrected chi connectivity index (χ4v) is 5.08. The zero-order valence-electron chi connectivity index (χ0n) is 11.1. The number of hydrogen-bond acceptors (Lipinski definition) is 6. The molecule has 0 aromatic rings. The maximum absolute atomic E-state index is 11.7. The maximum Gasteiger partial charge on any atom is 0.284 e. The molecule has 0 aromatic heterocycles. The van der Waals surface area contributed by atoms with Crippen LogP contribution >= 0.6 is 0 Å². The molecule has 2 unspecified atom stereocenters. The summed E-state index contributed by atoms with van der Waals surface area (Å²) in [6, 6.07) is 0. The van der Waals surface area contributed by atoms with Crippen molar-refractivity contribution in [3.05, 3.63) is 0 Å². The second kappa shape index (κ2) is 5.31. The van der Waals surface area contributed by atoms with E-state index in [9.17, 15) is 16.8 Å². The van der Waals surface area contributed by atoms with Crippen molar-refractivity contribution in [2.75, 3.05) is 5.08 Å². The summed E-state index contributed by atoms with van der Waals surface area (Å²) in [7, 11) is -8.21. The molecular weight excluding hydrogens is 292 g/mol. The minimum Gasteiger partial charge on any atom is -0.266 e. The molecule has 19 heavy (non-hydrogen) atoms. The van der Waals surface area contributed by atoms with Crippen LogP contribution in [0.1, 0.15) is 39.5 Å². The fourth-order valence-electron chi connectivity index (χ4n) is 1.98. The summed E-state index contributed by atoms with van der Waals surface area (Å²) in [5, 5.41) is -1.10. The molecule has 2 atom stereocenters. The van der Waals surface area contributed by atoms with Crippen molar-refractivity contribution in [3.63, 3.8) is 0 Å². The van der Waals surface area contributed by atoms with Crippen LogP contribution in [0.4, 0.5) is 0 Å². The van der Waals surface area contributed by atoms with Gasteiger partial charge in [0.25, 0.3) is 20.2 Å². The topological polar surface area (TPSA) is 86.7 Å². The van der Waals surface area contributed by atoms with Crippen LogP contribution in [0, 0.1) is 11.8 Å². The molecule has 2 fully saturated rings. The van der Waals surface area contributed by atoms with E-state index >= 15 is 0 Å². The van der Waals surface area contributed by atoms with Crippen LogP contribution in [-0.4, -0.2) is 34.1 Å². The van der Waals surface area contributed by atoms with E-state index in [0.717, 1.165) is 25.7 Å². The van der Waals surface area contributed by atoms with Gasteiger partial charge in [-0.25, -0.2) is 0 Å². The highest BCUT2D eigenvalue weighted by atomic mass is 32.3. The van der Waals surface area contributed by atoms with Crippen LogP contribution in [-0.2, 0) is 28.6 Å². The molecule has 0 amide bonds. The minimum atomic E-state index is -4.11. The standard InChI is InChI=1S/C11H20O6S2/c1-8(10-3-4-10)16-18(12,13)7-19(14,15)17-9(2)11-5-6-11/h8-11H,3-7H2,1-2H3. The van der Waals surface area contributed by atoms with E-state index in [-0.39, 0.29) is 11.8 Å². The largest absolute Gasteiger partial charge is 0.284 e. The molecule has 0 spiro atoms. The predicted octanol–water partition coefficient (Wildman–Crippen LogP) is 1.23. The Hall–Kier alpha value is -0.180. The first-order chi connectivity index (χ1) is 8.69. The third-order valence-corrected chi connectivity index (χ3v) is 6.96. The molecule has 6 nitrogen and oxygen atoms in total. The Morgan fingerprint density at radius 1 is 0.842 bits per heavy atom. The molecule has 0 aliphatic heterocycles. The predicted molar refractivity (Wildman–Crippen MR) is 69.2 cm³/mol. The minimum absolute atomic E-state index is 0.226. The number of rotatable bonds is 8. The first-order valence-corrected chi connectivity index (χ1v) is 9.66. The summed E-state index contributed by atoms with van der Waals surface area (Å²) in [6.45, 7) is 3.30. The van der Waals surface area contributed by atoms with Crippen LogP contribution in [0.15, 0.2) is 0 Å². The highest BCUT2D eigenvalue weighted by molar-refractivity contribution is 8.03. The lowest BCUT2D eigenvalue weighted by molar-refractivity contribution is 0.200. The third kappa shape index (κ3) is 5.02. The lowest BCUT2D eigenvalue weighted by Gasteiger charge is -2.14. The monoisotopic (exact) mass is 312 g/mol. The van der Waals surface area contributed by atoms with Gasteiger partial charge in [-0.1, -0.05) is 0 Å². The van der Waals surface area contributed by atoms with E-state index in [2.05, 4.69) is 0 Å². The Balaban J connectivity index is 1.89. The van der Waals surface area contributed by atoms with Crippen LogP contribution in [0.5, 0.6) is 0 Å². The lowest BCUT2D eigenvalue weighted by Crippen LogP contribution is -2.27. The van der Waals surface area contributed by atoms with Gasteiger partial charge in [-0.2, -0.15) is 16.8 Å². The van der Waals surface area contributed by atoms with Crippen molar-refractivity contribution in [1.82, 2.24) is 0 Å². The summed E-state index contributed by atoms with van der Waals surface area (Å²) < 4.78 is 56.4. The van der Waals surface area contributed by atoms with Gasteiger partial charge in [0, 0.05) is 0 Å². The van der Waals surface area contributed by atoms with Gasteiger partial charge in [-0.3, -0.25) is 8.37 Å². The molecule has 0 bridgehead atoms. The molecule has 0 aromatic carbocycles. The zero-order valence-corrected chi connectivity index (χ0v) is 12.7. The zero-order chi connectivity index (χ0) is 14.3. The highest BCUT2D eigenvalue weighted by Gasteiger charge is 2.36. The van der Waals surface area contributed by atoms with Gasteiger partial charge in [0.15, 0.2) is 0 Å². The quantitative estimate of drug-likeness (QED) is 0.627. The molecular formula is C11H20O6S2. The van der Waals surface area contributed by atoms with E-state index in [0.29, 0.717) is 0 Å². The molecule has 2 rings (SSSR count). The lowest BCUT2D eigenvalue weighted by atomic mass is 10.3. The van der Waals surface area contributed by atoms with Crippen molar-refractivity contribution in [3.8, 4) is 0 Å². The van der Waals surface area contributed by atoms with E-state index in [1.54, 1.807) is 13.8 Å². The normalized spacial score (nSPS) is 24.1. The van der Waals surface area contributed by atoms with Gasteiger partial charge in [0.05, 0.1) is 12.2 Å². The van der Waals surface area contributed by atoms with Crippen LogP contribution in [0.3, 0.4) is 0 Å². The van der Waals surface area contributed by atoms with Gasteiger partial charge in [0.1, 0.15) is 0 Å². The average molecular weight is 312 g/mol. The van der Waals surface area contributed by atoms with Crippen molar-refractivity contribution in [2.45, 2.75) is 51.7 Å². The fraction of sp³-hybridized carbons (Fsp3) is 1.00. The van der Waals surface area contributed by atoms with Crippen molar-refractivity contribution in [1.29, 1.82) is 0 Å². The van der Waals surface area contributed by atoms with Gasteiger partial charge in [0.2, 0.25) is 5.08 Å². The summed E-state index contributed by atoms with van der Waals surface area (Å²) >= 11 is 0. The average Bonchev–Trinajstić information content (AvgIpc) is 3.08. The molecule has 8 heteroatoms. The molecule has 0 heterocycles. The summed E-state index contributed by atoms with van der Waals surface area (Å²) in [5.41, 5.74) is 0. The van der Waals surface area contributed by atoms with Gasteiger partial charge >= 0.3 is 0 Å². The first kappa shape index (κ1) is 15.2. The van der Waals surface area contributed by atoms with Crippen LogP contribution in [0.2, 0.25) is 0 Å². The summed E-state index contributed by atoms with van der Waals surface area (Å²) in [6.07, 6.45) is 2.80. The molecule has 112 valence electrons. The Morgan fingerprint density at radius 2 is 1.16 bits per heavy atom. The molecule has 2 saturated carbocycles. The Kier molecular flexibility index (Phi) is 4.25. The van der Waals surface area contributed by atoms with E-state index in [1.165, 1.54) is 0 Å². The first-order valence-electron chi connectivity index (χ1n) is 6.50. The van der Waals surface area contributed by atoms with Crippen molar-refractivity contribution >= 4 is 20.2 Å². The Labute approximate surface area is 114 Å². The summed E-state index contributed by atoms with van der Waals surface area (Å²) in [5.74, 6) is 0.451. The van der Waals surface area contributed by atoms with Crippen molar-refractivity contribution < 1.29 is 25.2 Å². The summed E-state index contributed by atoms with van der Waals surface area (Å²) in [4.78, 5) is 0. The van der Waals surface area contributed by atoms with E-state index in [1.807, 2.05) is 0 Å². The van der Waals surface area contributed by atoms with E-state index in [4.69, 9.17) is 8.37 Å². The Bertz CT molecular complexity index is 467. The highest BCUT2D eigenvalue weighted by Crippen LogP contribution is 2.36. The molecule has 0 saturated heterocycles. The molecule has 0 radical (unpaired) electrons. The molecule has 2 aliphatic rings. The van der Waals surface area contributed by atoms with Gasteiger partial charge < -0.3 is 0 Å². The maximum atomic E-state index is 11.7. The van der Waals surface area contributed by atoms with Gasteiger partial charge in [-0.15, -0.1) is 0 Å². The van der Waals surface area contributed by atoms with Gasteiger partial charge in [-0.05, 0) is 51.4 Å². The van der Waals surface area contributed by atoms with Crippen LogP contribution < -0.4 is 0 Å². The second-order valence-electron chi connectivity index (χ2n) is 5.51. The molecule has 2 aliphatic carbocycles. The second-order valence-corrected chi connectivity index (χ2v) is 9.07. The van der Waals surface area contributed by atoms with Crippen molar-refractivity contribution in [2.24, 2.45) is 11.8 Å². The smallest absolute Gasteiger partial charge is 0.266 e. The Morgan fingerprint density at radius 3 is 1.42 bits per heavy atom. The SMILES string of the molecule is CC(OS(=O)(=O)CS(=O)(=O)OC(C)C1CC1)C1CC1. The van der Waals surface area contributed by atoms with E-state index < -0.39 is 37.5 Å². The number of hydrogen-bond donors (Lipinski definition) is 0. The van der Waals surface area contributed by atoms with Crippen LogP contribution in [0.25, 0.3) is 0 Å². The third-order valence-electron chi connectivity index (χ3n) is 3.46. The molecule has 0 N–H and O–H groups in total.